The first-order valence-electron chi connectivity index (χ1n) is 4.79. The zero-order chi connectivity index (χ0) is 11.4. The van der Waals surface area contributed by atoms with E-state index in [1.54, 1.807) is 7.11 Å². The molecule has 0 N–H and O–H groups in total. The molecule has 0 aromatic heterocycles. The van der Waals surface area contributed by atoms with Crippen LogP contribution in [-0.2, 0) is 16.0 Å². The third-order valence-electron chi connectivity index (χ3n) is 2.35. The van der Waals surface area contributed by atoms with Gasteiger partial charge in [-0.2, -0.15) is 0 Å². The molecule has 0 saturated carbocycles. The van der Waals surface area contributed by atoms with Gasteiger partial charge in [0.15, 0.2) is 0 Å². The molecule has 0 unspecified atom stereocenters. The van der Waals surface area contributed by atoms with Crippen LogP contribution in [0.3, 0.4) is 0 Å². The van der Waals surface area contributed by atoms with Crippen molar-refractivity contribution >= 4 is 5.97 Å². The van der Waals surface area contributed by atoms with E-state index in [1.807, 2.05) is 26.0 Å². The Bertz CT molecular complexity index is 369. The second kappa shape index (κ2) is 4.82. The van der Waals surface area contributed by atoms with Gasteiger partial charge in [-0.1, -0.05) is 6.07 Å². The number of carbonyl (C=O) groups excluding carboxylic acids is 1. The van der Waals surface area contributed by atoms with Crippen molar-refractivity contribution in [3.05, 3.63) is 28.8 Å². The monoisotopic (exact) mass is 208 g/mol. The number of benzene rings is 1. The lowest BCUT2D eigenvalue weighted by atomic mass is 10.0. The van der Waals surface area contributed by atoms with E-state index in [0.717, 1.165) is 22.4 Å². The van der Waals surface area contributed by atoms with E-state index in [9.17, 15) is 4.79 Å². The molecule has 0 aliphatic carbocycles. The molecule has 0 aliphatic rings. The molecule has 1 aromatic carbocycles. The van der Waals surface area contributed by atoms with Gasteiger partial charge in [-0.05, 0) is 31.0 Å². The summed E-state index contributed by atoms with van der Waals surface area (Å²) in [6.07, 6.45) is 0.256. The predicted octanol–water partition coefficient (Wildman–Crippen LogP) is 2.03. The molecule has 3 heteroatoms. The molecule has 0 aliphatic heterocycles. The van der Waals surface area contributed by atoms with Crippen molar-refractivity contribution < 1.29 is 14.3 Å². The zero-order valence-electron chi connectivity index (χ0n) is 9.59. The van der Waals surface area contributed by atoms with Gasteiger partial charge in [-0.15, -0.1) is 0 Å². The van der Waals surface area contributed by atoms with E-state index in [1.165, 1.54) is 7.11 Å². The first-order chi connectivity index (χ1) is 7.08. The molecule has 3 nitrogen and oxygen atoms in total. The van der Waals surface area contributed by atoms with Crippen LogP contribution < -0.4 is 4.74 Å². The number of rotatable bonds is 3. The van der Waals surface area contributed by atoms with Crippen LogP contribution in [0.2, 0.25) is 0 Å². The van der Waals surface area contributed by atoms with E-state index in [-0.39, 0.29) is 12.4 Å². The number of carbonyl (C=O) groups is 1. The first-order valence-corrected chi connectivity index (χ1v) is 4.79. The minimum atomic E-state index is -0.250. The van der Waals surface area contributed by atoms with Gasteiger partial charge in [0.05, 0.1) is 20.6 Å². The van der Waals surface area contributed by atoms with Crippen molar-refractivity contribution in [3.8, 4) is 5.75 Å². The molecule has 1 rings (SSSR count). The van der Waals surface area contributed by atoms with Crippen molar-refractivity contribution in [2.45, 2.75) is 20.3 Å². The maximum Gasteiger partial charge on any atom is 0.310 e. The molecule has 0 saturated heterocycles. The summed E-state index contributed by atoms with van der Waals surface area (Å²) in [6, 6.07) is 3.95. The lowest BCUT2D eigenvalue weighted by molar-refractivity contribution is -0.139. The summed E-state index contributed by atoms with van der Waals surface area (Å²) in [6.45, 7) is 3.96. The largest absolute Gasteiger partial charge is 0.496 e. The average molecular weight is 208 g/mol. The summed E-state index contributed by atoms with van der Waals surface area (Å²) in [4.78, 5) is 11.2. The van der Waals surface area contributed by atoms with Crippen LogP contribution in [0.1, 0.15) is 16.7 Å². The predicted molar refractivity (Wildman–Crippen MR) is 58.2 cm³/mol. The highest BCUT2D eigenvalue weighted by atomic mass is 16.5. The molecule has 0 spiro atoms. The Labute approximate surface area is 90.0 Å². The lowest BCUT2D eigenvalue weighted by Crippen LogP contribution is -2.07. The van der Waals surface area contributed by atoms with Gasteiger partial charge in [-0.25, -0.2) is 0 Å². The van der Waals surface area contributed by atoms with Crippen LogP contribution in [0, 0.1) is 13.8 Å². The van der Waals surface area contributed by atoms with Crippen LogP contribution in [0.5, 0.6) is 5.75 Å². The number of hydrogen-bond donors (Lipinski definition) is 0. The minimum Gasteiger partial charge on any atom is -0.496 e. The maximum absolute atomic E-state index is 11.2. The highest BCUT2D eigenvalue weighted by molar-refractivity contribution is 5.74. The first kappa shape index (κ1) is 11.6. The van der Waals surface area contributed by atoms with Crippen LogP contribution in [0.25, 0.3) is 0 Å². The van der Waals surface area contributed by atoms with Crippen molar-refractivity contribution in [2.75, 3.05) is 14.2 Å². The number of esters is 1. The van der Waals surface area contributed by atoms with E-state index >= 15 is 0 Å². The molecule has 0 radical (unpaired) electrons. The van der Waals surface area contributed by atoms with Gasteiger partial charge in [0.1, 0.15) is 5.75 Å². The minimum absolute atomic E-state index is 0.250. The average Bonchev–Trinajstić information content (AvgIpc) is 2.21. The number of aryl methyl sites for hydroxylation is 2. The Balaban J connectivity index is 3.09. The highest BCUT2D eigenvalue weighted by Crippen LogP contribution is 2.24. The molecule has 15 heavy (non-hydrogen) atoms. The smallest absolute Gasteiger partial charge is 0.310 e. The second-order valence-corrected chi connectivity index (χ2v) is 3.52. The molecule has 0 atom stereocenters. The van der Waals surface area contributed by atoms with Gasteiger partial charge < -0.3 is 9.47 Å². The van der Waals surface area contributed by atoms with Crippen LogP contribution in [0.15, 0.2) is 12.1 Å². The Hall–Kier alpha value is -1.51. The van der Waals surface area contributed by atoms with Gasteiger partial charge in [0, 0.05) is 5.56 Å². The van der Waals surface area contributed by atoms with Crippen molar-refractivity contribution in [2.24, 2.45) is 0 Å². The standard InChI is InChI=1S/C12H16O3/c1-8-5-9(2)10(7-12(13)15-4)11(6-8)14-3/h5-6H,7H2,1-4H3. The normalized spacial score (nSPS) is 9.87. The lowest BCUT2D eigenvalue weighted by Gasteiger charge is -2.11. The molecule has 0 heterocycles. The zero-order valence-corrected chi connectivity index (χ0v) is 9.59. The fraction of sp³-hybridized carbons (Fsp3) is 0.417. The van der Waals surface area contributed by atoms with Gasteiger partial charge in [-0.3, -0.25) is 4.79 Å². The summed E-state index contributed by atoms with van der Waals surface area (Å²) in [5.41, 5.74) is 3.07. The SMILES string of the molecule is COC(=O)Cc1c(C)cc(C)cc1OC. The summed E-state index contributed by atoms with van der Waals surface area (Å²) in [7, 11) is 2.99. The Kier molecular flexibility index (Phi) is 3.72. The molecular weight excluding hydrogens is 192 g/mol. The third-order valence-corrected chi connectivity index (χ3v) is 2.35. The van der Waals surface area contributed by atoms with Gasteiger partial charge >= 0.3 is 5.97 Å². The van der Waals surface area contributed by atoms with Crippen LogP contribution >= 0.6 is 0 Å². The Morgan fingerprint density at radius 1 is 1.27 bits per heavy atom. The number of methoxy groups -OCH3 is 2. The van der Waals surface area contributed by atoms with Crippen LogP contribution in [0.4, 0.5) is 0 Å². The van der Waals surface area contributed by atoms with E-state index < -0.39 is 0 Å². The second-order valence-electron chi connectivity index (χ2n) is 3.52. The fourth-order valence-electron chi connectivity index (χ4n) is 1.58. The molecule has 0 amide bonds. The molecule has 0 bridgehead atoms. The van der Waals surface area contributed by atoms with Crippen molar-refractivity contribution in [1.29, 1.82) is 0 Å². The summed E-state index contributed by atoms with van der Waals surface area (Å²) >= 11 is 0. The number of hydrogen-bond acceptors (Lipinski definition) is 3. The molecule has 1 aromatic rings. The highest BCUT2D eigenvalue weighted by Gasteiger charge is 2.12. The van der Waals surface area contributed by atoms with Crippen molar-refractivity contribution in [3.63, 3.8) is 0 Å². The van der Waals surface area contributed by atoms with Crippen LogP contribution in [-0.4, -0.2) is 20.2 Å². The maximum atomic E-state index is 11.2. The fourth-order valence-corrected chi connectivity index (χ4v) is 1.58. The third kappa shape index (κ3) is 2.72. The molecular formula is C12H16O3. The Morgan fingerprint density at radius 3 is 2.47 bits per heavy atom. The molecule has 82 valence electrons. The topological polar surface area (TPSA) is 35.5 Å². The van der Waals surface area contributed by atoms with E-state index in [0.29, 0.717) is 0 Å². The summed E-state index contributed by atoms with van der Waals surface area (Å²) < 4.78 is 9.89. The molecule has 0 fully saturated rings. The van der Waals surface area contributed by atoms with Gasteiger partial charge in [0.25, 0.3) is 0 Å². The van der Waals surface area contributed by atoms with E-state index in [4.69, 9.17) is 4.74 Å². The Morgan fingerprint density at radius 2 is 1.93 bits per heavy atom. The van der Waals surface area contributed by atoms with E-state index in [2.05, 4.69) is 4.74 Å². The number of ether oxygens (including phenoxy) is 2. The summed E-state index contributed by atoms with van der Waals surface area (Å²) in [5, 5.41) is 0. The quantitative estimate of drug-likeness (QED) is 0.713. The summed E-state index contributed by atoms with van der Waals surface area (Å²) in [5.74, 6) is 0.498. The van der Waals surface area contributed by atoms with Crippen molar-refractivity contribution in [1.82, 2.24) is 0 Å². The van der Waals surface area contributed by atoms with Gasteiger partial charge in [0.2, 0.25) is 0 Å².